The number of piperidine rings is 1. The first-order chi connectivity index (χ1) is 9.06. The van der Waals surface area contributed by atoms with Crippen molar-refractivity contribution in [3.63, 3.8) is 0 Å². The van der Waals surface area contributed by atoms with E-state index in [4.69, 9.17) is 0 Å². The molecule has 1 N–H and O–H groups in total. The van der Waals surface area contributed by atoms with Crippen molar-refractivity contribution in [2.24, 2.45) is 5.41 Å². The summed E-state index contributed by atoms with van der Waals surface area (Å²) in [6, 6.07) is 8.75. The number of anilines is 2. The second-order valence-corrected chi connectivity index (χ2v) is 6.80. The maximum Gasteiger partial charge on any atom is 0.0602 e. The molecule has 106 valence electrons. The quantitative estimate of drug-likeness (QED) is 0.856. The Labute approximate surface area is 118 Å². The number of para-hydroxylation sites is 2. The van der Waals surface area contributed by atoms with E-state index in [-0.39, 0.29) is 0 Å². The van der Waals surface area contributed by atoms with E-state index in [1.165, 1.54) is 50.1 Å². The van der Waals surface area contributed by atoms with E-state index in [1.807, 2.05) is 0 Å². The molecular weight excluding hydrogens is 232 g/mol. The molecule has 0 aromatic heterocycles. The van der Waals surface area contributed by atoms with Crippen LogP contribution >= 0.6 is 0 Å². The largest absolute Gasteiger partial charge is 0.383 e. The van der Waals surface area contributed by atoms with Crippen LogP contribution in [0.5, 0.6) is 0 Å². The standard InChI is InChI=1S/C17H28N2/c1-17(2,3)11-12-18-15-9-5-6-10-16(15)19-13-7-4-8-14-19/h5-6,9-10,18H,4,7-8,11-14H2,1-3H3. The maximum absolute atomic E-state index is 3.63. The van der Waals surface area contributed by atoms with Crippen molar-refractivity contribution in [2.75, 3.05) is 29.9 Å². The lowest BCUT2D eigenvalue weighted by Crippen LogP contribution is -2.30. The Kier molecular flexibility index (Phi) is 4.73. The third kappa shape index (κ3) is 4.45. The molecule has 1 heterocycles. The fourth-order valence-corrected chi connectivity index (χ4v) is 2.61. The van der Waals surface area contributed by atoms with Crippen LogP contribution in [0.15, 0.2) is 24.3 Å². The normalized spacial score (nSPS) is 16.5. The van der Waals surface area contributed by atoms with Crippen LogP contribution in [0.3, 0.4) is 0 Å². The smallest absolute Gasteiger partial charge is 0.0602 e. The number of hydrogen-bond donors (Lipinski definition) is 1. The summed E-state index contributed by atoms with van der Waals surface area (Å²) in [5.74, 6) is 0. The SMILES string of the molecule is CC(C)(C)CCNc1ccccc1N1CCCCC1. The molecule has 0 amide bonds. The summed E-state index contributed by atoms with van der Waals surface area (Å²) >= 11 is 0. The topological polar surface area (TPSA) is 15.3 Å². The van der Waals surface area contributed by atoms with E-state index >= 15 is 0 Å². The van der Waals surface area contributed by atoms with Gasteiger partial charge in [-0.2, -0.15) is 0 Å². The van der Waals surface area contributed by atoms with Crippen LogP contribution < -0.4 is 10.2 Å². The van der Waals surface area contributed by atoms with Gasteiger partial charge in [-0.05, 0) is 43.2 Å². The van der Waals surface area contributed by atoms with Gasteiger partial charge in [0.2, 0.25) is 0 Å². The monoisotopic (exact) mass is 260 g/mol. The number of nitrogens with zero attached hydrogens (tertiary/aromatic N) is 1. The molecule has 1 aliphatic rings. The van der Waals surface area contributed by atoms with Crippen LogP contribution in [0.25, 0.3) is 0 Å². The number of nitrogens with one attached hydrogen (secondary N) is 1. The van der Waals surface area contributed by atoms with Crippen molar-refractivity contribution < 1.29 is 0 Å². The van der Waals surface area contributed by atoms with Gasteiger partial charge in [0.25, 0.3) is 0 Å². The van der Waals surface area contributed by atoms with Crippen molar-refractivity contribution in [1.82, 2.24) is 0 Å². The molecule has 1 fully saturated rings. The fourth-order valence-electron chi connectivity index (χ4n) is 2.61. The van der Waals surface area contributed by atoms with E-state index in [0.29, 0.717) is 5.41 Å². The first kappa shape index (κ1) is 14.2. The Hall–Kier alpha value is -1.18. The molecule has 0 bridgehead atoms. The Balaban J connectivity index is 1.99. The lowest BCUT2D eigenvalue weighted by atomic mass is 9.92. The van der Waals surface area contributed by atoms with Gasteiger partial charge in [0.1, 0.15) is 0 Å². The molecular formula is C17H28N2. The highest BCUT2D eigenvalue weighted by Crippen LogP contribution is 2.28. The lowest BCUT2D eigenvalue weighted by molar-refractivity contribution is 0.390. The van der Waals surface area contributed by atoms with Crippen LogP contribution in [0, 0.1) is 5.41 Å². The van der Waals surface area contributed by atoms with Crippen molar-refractivity contribution in [1.29, 1.82) is 0 Å². The van der Waals surface area contributed by atoms with Crippen LogP contribution in [0.2, 0.25) is 0 Å². The Morgan fingerprint density at radius 2 is 1.74 bits per heavy atom. The summed E-state index contributed by atoms with van der Waals surface area (Å²) in [5, 5.41) is 3.63. The third-order valence-electron chi connectivity index (χ3n) is 3.79. The predicted octanol–water partition coefficient (Wildman–Crippen LogP) is 4.53. The molecule has 0 spiro atoms. The number of rotatable bonds is 4. The van der Waals surface area contributed by atoms with Gasteiger partial charge >= 0.3 is 0 Å². The van der Waals surface area contributed by atoms with E-state index in [2.05, 4.69) is 55.3 Å². The Morgan fingerprint density at radius 1 is 1.05 bits per heavy atom. The average Bonchev–Trinajstić information content (AvgIpc) is 2.39. The molecule has 0 radical (unpaired) electrons. The van der Waals surface area contributed by atoms with Crippen LogP contribution in [0.4, 0.5) is 11.4 Å². The average molecular weight is 260 g/mol. The number of hydrogen-bond acceptors (Lipinski definition) is 2. The van der Waals surface area contributed by atoms with Gasteiger partial charge in [-0.25, -0.2) is 0 Å². The summed E-state index contributed by atoms with van der Waals surface area (Å²) in [7, 11) is 0. The minimum Gasteiger partial charge on any atom is -0.383 e. The zero-order valence-corrected chi connectivity index (χ0v) is 12.7. The highest BCUT2D eigenvalue weighted by atomic mass is 15.1. The fraction of sp³-hybridized carbons (Fsp3) is 0.647. The second kappa shape index (κ2) is 6.31. The lowest BCUT2D eigenvalue weighted by Gasteiger charge is -2.31. The molecule has 0 saturated carbocycles. The Bertz CT molecular complexity index is 386. The van der Waals surface area contributed by atoms with Gasteiger partial charge in [-0.15, -0.1) is 0 Å². The van der Waals surface area contributed by atoms with Crippen molar-refractivity contribution in [3.05, 3.63) is 24.3 Å². The van der Waals surface area contributed by atoms with Gasteiger partial charge in [0.15, 0.2) is 0 Å². The molecule has 0 atom stereocenters. The van der Waals surface area contributed by atoms with Crippen molar-refractivity contribution in [2.45, 2.75) is 46.5 Å². The van der Waals surface area contributed by atoms with Crippen molar-refractivity contribution >= 4 is 11.4 Å². The first-order valence-corrected chi connectivity index (χ1v) is 7.64. The van der Waals surface area contributed by atoms with Gasteiger partial charge in [0.05, 0.1) is 11.4 Å². The van der Waals surface area contributed by atoms with Crippen LogP contribution in [0.1, 0.15) is 46.5 Å². The maximum atomic E-state index is 3.63. The van der Waals surface area contributed by atoms with Crippen LogP contribution in [-0.2, 0) is 0 Å². The van der Waals surface area contributed by atoms with Gasteiger partial charge in [-0.1, -0.05) is 32.9 Å². The van der Waals surface area contributed by atoms with E-state index in [9.17, 15) is 0 Å². The molecule has 2 nitrogen and oxygen atoms in total. The summed E-state index contributed by atoms with van der Waals surface area (Å²) in [4.78, 5) is 2.53. The molecule has 0 unspecified atom stereocenters. The molecule has 1 saturated heterocycles. The molecule has 1 aromatic carbocycles. The molecule has 1 aliphatic heterocycles. The van der Waals surface area contributed by atoms with E-state index in [0.717, 1.165) is 6.54 Å². The predicted molar refractivity (Wildman–Crippen MR) is 85.1 cm³/mol. The first-order valence-electron chi connectivity index (χ1n) is 7.64. The van der Waals surface area contributed by atoms with Gasteiger partial charge in [-0.3, -0.25) is 0 Å². The highest BCUT2D eigenvalue weighted by molar-refractivity contribution is 5.70. The van der Waals surface area contributed by atoms with Gasteiger partial charge in [0, 0.05) is 19.6 Å². The summed E-state index contributed by atoms with van der Waals surface area (Å²) in [5.41, 5.74) is 3.08. The molecule has 2 rings (SSSR count). The van der Waals surface area contributed by atoms with Crippen molar-refractivity contribution in [3.8, 4) is 0 Å². The number of benzene rings is 1. The van der Waals surface area contributed by atoms with Crippen LogP contribution in [-0.4, -0.2) is 19.6 Å². The molecule has 2 heteroatoms. The zero-order valence-electron chi connectivity index (χ0n) is 12.7. The second-order valence-electron chi connectivity index (χ2n) is 6.80. The zero-order chi connectivity index (χ0) is 13.7. The highest BCUT2D eigenvalue weighted by Gasteiger charge is 2.14. The molecule has 1 aromatic rings. The molecule has 0 aliphatic carbocycles. The minimum absolute atomic E-state index is 0.396. The molecule has 19 heavy (non-hydrogen) atoms. The van der Waals surface area contributed by atoms with Gasteiger partial charge < -0.3 is 10.2 Å². The summed E-state index contributed by atoms with van der Waals surface area (Å²) < 4.78 is 0. The minimum atomic E-state index is 0.396. The van der Waals surface area contributed by atoms with E-state index in [1.54, 1.807) is 0 Å². The summed E-state index contributed by atoms with van der Waals surface area (Å²) in [6.07, 6.45) is 5.24. The third-order valence-corrected chi connectivity index (χ3v) is 3.79. The Morgan fingerprint density at radius 3 is 2.42 bits per heavy atom. The summed E-state index contributed by atoms with van der Waals surface area (Å²) in [6.45, 7) is 10.4. The van der Waals surface area contributed by atoms with E-state index < -0.39 is 0 Å².